The van der Waals surface area contributed by atoms with Gasteiger partial charge in [0.05, 0.1) is 12.0 Å². The monoisotopic (exact) mass is 378 g/mol. The Morgan fingerprint density at radius 3 is 2.12 bits per heavy atom. The predicted molar refractivity (Wildman–Crippen MR) is 102 cm³/mol. The second kappa shape index (κ2) is 7.49. The van der Waals surface area contributed by atoms with E-state index < -0.39 is 10.0 Å². The zero-order chi connectivity index (χ0) is 18.1. The molecule has 5 nitrogen and oxygen atoms in total. The highest BCUT2D eigenvalue weighted by atomic mass is 32.2. The molecule has 2 bridgehead atoms. The third-order valence-electron chi connectivity index (χ3n) is 6.50. The molecular formula is C20H30N2O3S. The van der Waals surface area contributed by atoms with Crippen molar-refractivity contribution in [2.24, 2.45) is 11.8 Å². The minimum Gasteiger partial charge on any atom is -0.497 e. The number of likely N-dealkylation sites (tertiary alicyclic amines) is 1. The first-order chi connectivity index (χ1) is 12.6. The van der Waals surface area contributed by atoms with Gasteiger partial charge in [-0.25, -0.2) is 8.42 Å². The Bertz CT molecular complexity index is 699. The van der Waals surface area contributed by atoms with Gasteiger partial charge in [0.25, 0.3) is 0 Å². The lowest BCUT2D eigenvalue weighted by molar-refractivity contribution is -0.00311. The summed E-state index contributed by atoms with van der Waals surface area (Å²) in [7, 11) is -1.83. The second-order valence-electron chi connectivity index (χ2n) is 8.04. The molecule has 1 aromatic carbocycles. The first kappa shape index (κ1) is 18.3. The molecule has 26 heavy (non-hydrogen) atoms. The fourth-order valence-electron chi connectivity index (χ4n) is 5.27. The highest BCUT2D eigenvalue weighted by Crippen LogP contribution is 2.40. The fourth-order valence-corrected chi connectivity index (χ4v) is 6.82. The van der Waals surface area contributed by atoms with Gasteiger partial charge in [0.2, 0.25) is 10.0 Å². The molecule has 1 aliphatic carbocycles. The summed E-state index contributed by atoms with van der Waals surface area (Å²) in [5, 5.41) is 0. The highest BCUT2D eigenvalue weighted by molar-refractivity contribution is 7.89. The molecule has 4 rings (SSSR count). The standard InChI is InChI=1S/C20H30N2O3S/c1-25-18-8-10-19(11-9-18)26(23,24)22-14-16-6-5-7-17(15-22)20(16)21-12-3-2-4-13-21/h8-11,16-17,20H,2-7,12-15H2,1H3/t16-,17-/m0/s1. The molecular weight excluding hydrogens is 348 g/mol. The van der Waals surface area contributed by atoms with Gasteiger partial charge in [-0.3, -0.25) is 4.90 Å². The van der Waals surface area contributed by atoms with Crippen molar-refractivity contribution in [3.63, 3.8) is 0 Å². The number of methoxy groups -OCH3 is 1. The van der Waals surface area contributed by atoms with Crippen molar-refractivity contribution >= 4 is 10.0 Å². The molecule has 144 valence electrons. The van der Waals surface area contributed by atoms with Gasteiger partial charge in [0.15, 0.2) is 0 Å². The van der Waals surface area contributed by atoms with Gasteiger partial charge < -0.3 is 4.74 Å². The fraction of sp³-hybridized carbons (Fsp3) is 0.700. The van der Waals surface area contributed by atoms with Crippen molar-refractivity contribution in [3.8, 4) is 5.75 Å². The number of benzene rings is 1. The van der Waals surface area contributed by atoms with Crippen molar-refractivity contribution in [1.29, 1.82) is 0 Å². The van der Waals surface area contributed by atoms with Crippen LogP contribution in [0.1, 0.15) is 38.5 Å². The highest BCUT2D eigenvalue weighted by Gasteiger charge is 2.45. The van der Waals surface area contributed by atoms with Crippen LogP contribution in [0, 0.1) is 11.8 Å². The van der Waals surface area contributed by atoms with E-state index in [0.717, 1.165) is 12.8 Å². The minimum absolute atomic E-state index is 0.382. The van der Waals surface area contributed by atoms with Crippen LogP contribution in [-0.4, -0.2) is 57.0 Å². The number of sulfonamides is 1. The van der Waals surface area contributed by atoms with Gasteiger partial charge in [-0.2, -0.15) is 4.31 Å². The third-order valence-corrected chi connectivity index (χ3v) is 8.35. The Labute approximate surface area is 157 Å². The molecule has 0 amide bonds. The SMILES string of the molecule is COc1ccc(S(=O)(=O)N2C[C@@H]3CCC[C@@H](C2)C3N2CCCCC2)cc1. The minimum atomic E-state index is -3.42. The number of rotatable bonds is 4. The summed E-state index contributed by atoms with van der Waals surface area (Å²) in [6.45, 7) is 3.74. The van der Waals surface area contributed by atoms with Gasteiger partial charge in [-0.15, -0.1) is 0 Å². The van der Waals surface area contributed by atoms with E-state index >= 15 is 0 Å². The maximum absolute atomic E-state index is 13.2. The molecule has 2 heterocycles. The van der Waals surface area contributed by atoms with Gasteiger partial charge in [0, 0.05) is 19.1 Å². The molecule has 0 N–H and O–H groups in total. The Morgan fingerprint density at radius 2 is 1.54 bits per heavy atom. The molecule has 0 radical (unpaired) electrons. The summed E-state index contributed by atoms with van der Waals surface area (Å²) in [4.78, 5) is 3.06. The topological polar surface area (TPSA) is 49.9 Å². The zero-order valence-electron chi connectivity index (χ0n) is 15.6. The van der Waals surface area contributed by atoms with E-state index in [0.29, 0.717) is 41.6 Å². The average Bonchev–Trinajstić information content (AvgIpc) is 2.67. The Balaban J connectivity index is 1.54. The number of ether oxygens (including phenoxy) is 1. The molecule has 0 aromatic heterocycles. The number of piperidine rings is 2. The van der Waals surface area contributed by atoms with E-state index in [1.165, 1.54) is 38.8 Å². The van der Waals surface area contributed by atoms with Crippen LogP contribution in [0.3, 0.4) is 0 Å². The van der Waals surface area contributed by atoms with Gasteiger partial charge in [0.1, 0.15) is 5.75 Å². The molecule has 2 atom stereocenters. The van der Waals surface area contributed by atoms with Crippen LogP contribution < -0.4 is 4.74 Å². The lowest BCUT2D eigenvalue weighted by Gasteiger charge is -2.52. The van der Waals surface area contributed by atoms with Crippen molar-refractivity contribution in [2.75, 3.05) is 33.3 Å². The second-order valence-corrected chi connectivity index (χ2v) is 9.97. The summed E-state index contributed by atoms with van der Waals surface area (Å²) >= 11 is 0. The van der Waals surface area contributed by atoms with E-state index in [4.69, 9.17) is 4.74 Å². The smallest absolute Gasteiger partial charge is 0.243 e. The van der Waals surface area contributed by atoms with Crippen LogP contribution in [0.25, 0.3) is 0 Å². The molecule has 0 spiro atoms. The van der Waals surface area contributed by atoms with Crippen molar-refractivity contribution < 1.29 is 13.2 Å². The van der Waals surface area contributed by atoms with Crippen molar-refractivity contribution in [2.45, 2.75) is 49.5 Å². The number of hydrogen-bond acceptors (Lipinski definition) is 4. The first-order valence-corrected chi connectivity index (χ1v) is 11.4. The van der Waals surface area contributed by atoms with Crippen molar-refractivity contribution in [3.05, 3.63) is 24.3 Å². The summed E-state index contributed by atoms with van der Waals surface area (Å²) in [5.41, 5.74) is 0. The van der Waals surface area contributed by atoms with Crippen molar-refractivity contribution in [1.82, 2.24) is 9.21 Å². The van der Waals surface area contributed by atoms with E-state index in [-0.39, 0.29) is 0 Å². The van der Waals surface area contributed by atoms with E-state index in [2.05, 4.69) is 4.90 Å². The molecule has 3 fully saturated rings. The Hall–Kier alpha value is -1.11. The molecule has 3 aliphatic rings. The molecule has 0 unspecified atom stereocenters. The Kier molecular flexibility index (Phi) is 5.26. The first-order valence-electron chi connectivity index (χ1n) is 9.98. The maximum Gasteiger partial charge on any atom is 0.243 e. The largest absolute Gasteiger partial charge is 0.497 e. The van der Waals surface area contributed by atoms with E-state index in [1.54, 1.807) is 35.7 Å². The number of hydrogen-bond donors (Lipinski definition) is 0. The average molecular weight is 379 g/mol. The van der Waals surface area contributed by atoms with Gasteiger partial charge >= 0.3 is 0 Å². The summed E-state index contributed by atoms with van der Waals surface area (Å²) < 4.78 is 33.3. The molecule has 1 aromatic rings. The van der Waals surface area contributed by atoms with Gasteiger partial charge in [-0.1, -0.05) is 12.8 Å². The predicted octanol–water partition coefficient (Wildman–Crippen LogP) is 2.97. The quantitative estimate of drug-likeness (QED) is 0.808. The molecule has 2 saturated heterocycles. The Morgan fingerprint density at radius 1 is 0.923 bits per heavy atom. The summed E-state index contributed by atoms with van der Waals surface area (Å²) in [5.74, 6) is 1.65. The number of nitrogens with zero attached hydrogens (tertiary/aromatic N) is 2. The zero-order valence-corrected chi connectivity index (χ0v) is 16.5. The summed E-state index contributed by atoms with van der Waals surface area (Å²) in [6.07, 6.45) is 7.50. The molecule has 6 heteroatoms. The van der Waals surface area contributed by atoms with Crippen LogP contribution in [0.5, 0.6) is 5.75 Å². The van der Waals surface area contributed by atoms with Crippen LogP contribution in [0.15, 0.2) is 29.2 Å². The van der Waals surface area contributed by atoms with Crippen LogP contribution in [-0.2, 0) is 10.0 Å². The number of fused-ring (bicyclic) bond motifs is 2. The molecule has 2 aliphatic heterocycles. The normalized spacial score (nSPS) is 30.9. The van der Waals surface area contributed by atoms with E-state index in [9.17, 15) is 8.42 Å². The van der Waals surface area contributed by atoms with Crippen LogP contribution in [0.4, 0.5) is 0 Å². The van der Waals surface area contributed by atoms with Crippen LogP contribution in [0.2, 0.25) is 0 Å². The lowest BCUT2D eigenvalue weighted by Crippen LogP contribution is -2.59. The summed E-state index contributed by atoms with van der Waals surface area (Å²) in [6, 6.07) is 7.38. The van der Waals surface area contributed by atoms with Gasteiger partial charge in [-0.05, 0) is 74.9 Å². The maximum atomic E-state index is 13.2. The van der Waals surface area contributed by atoms with E-state index in [1.807, 2.05) is 0 Å². The molecule has 1 saturated carbocycles. The van der Waals surface area contributed by atoms with Crippen LogP contribution >= 0.6 is 0 Å². The third kappa shape index (κ3) is 3.39. The lowest BCUT2D eigenvalue weighted by atomic mass is 9.73.